The summed E-state index contributed by atoms with van der Waals surface area (Å²) in [4.78, 5) is 23.1. The molecular weight excluding hydrogens is 268 g/mol. The average Bonchev–Trinajstić information content (AvgIpc) is 2.52. The second kappa shape index (κ2) is 6.92. The lowest BCUT2D eigenvalue weighted by Gasteiger charge is -2.00. The van der Waals surface area contributed by atoms with Gasteiger partial charge in [-0.2, -0.15) is 0 Å². The van der Waals surface area contributed by atoms with Crippen molar-refractivity contribution in [2.45, 2.75) is 0 Å². The molecule has 2 aromatic rings. The number of carbonyl (C=O) groups excluding carboxylic acids is 2. The van der Waals surface area contributed by atoms with Crippen LogP contribution in [-0.4, -0.2) is 23.5 Å². The van der Waals surface area contributed by atoms with Gasteiger partial charge in [0.25, 0.3) is 0 Å². The van der Waals surface area contributed by atoms with Crippen LogP contribution >= 0.6 is 0 Å². The molecule has 0 radical (unpaired) electrons. The molecule has 0 aliphatic rings. The van der Waals surface area contributed by atoms with Gasteiger partial charge in [0.15, 0.2) is 12.4 Å². The van der Waals surface area contributed by atoms with Crippen LogP contribution in [0.3, 0.4) is 0 Å². The summed E-state index contributed by atoms with van der Waals surface area (Å²) in [6.45, 7) is -0.363. The van der Waals surface area contributed by atoms with Gasteiger partial charge in [-0.05, 0) is 12.1 Å². The molecule has 0 atom stereocenters. The minimum absolute atomic E-state index is 0.0156. The monoisotopic (exact) mass is 280 g/mol. The van der Waals surface area contributed by atoms with Crippen molar-refractivity contribution in [2.24, 2.45) is 0 Å². The Hall–Kier alpha value is -3.06. The van der Waals surface area contributed by atoms with Crippen LogP contribution in [0.15, 0.2) is 54.6 Å². The molecule has 104 valence electrons. The van der Waals surface area contributed by atoms with Crippen LogP contribution in [0.4, 0.5) is 0 Å². The highest BCUT2D eigenvalue weighted by Gasteiger charge is 2.07. The van der Waals surface area contributed by atoms with Crippen LogP contribution in [0.2, 0.25) is 0 Å². The molecule has 0 aliphatic carbocycles. The number of Topliss-reactive ketones (excluding diaryl/α,β-unsaturated/α-hetero) is 1. The molecule has 2 aromatic carbocycles. The van der Waals surface area contributed by atoms with Gasteiger partial charge < -0.3 is 9.84 Å². The van der Waals surface area contributed by atoms with Gasteiger partial charge in [-0.15, -0.1) is 0 Å². The van der Waals surface area contributed by atoms with E-state index in [0.717, 1.165) is 0 Å². The van der Waals surface area contributed by atoms with Gasteiger partial charge in [-0.25, -0.2) is 4.79 Å². The molecule has 0 unspecified atom stereocenters. The largest absolute Gasteiger partial charge is 0.507 e. The topological polar surface area (TPSA) is 63.6 Å². The summed E-state index contributed by atoms with van der Waals surface area (Å²) in [6, 6.07) is 14.9. The quantitative estimate of drug-likeness (QED) is 0.531. The molecule has 0 aromatic heterocycles. The van der Waals surface area contributed by atoms with E-state index in [1.54, 1.807) is 48.5 Å². The Balaban J connectivity index is 1.92. The fraction of sp³-hybridized carbons (Fsp3) is 0.0588. The Morgan fingerprint density at radius 1 is 1.00 bits per heavy atom. The van der Waals surface area contributed by atoms with Crippen molar-refractivity contribution in [2.75, 3.05) is 6.61 Å². The Labute approximate surface area is 122 Å². The standard InChI is InChI=1S/C17H12O4/c18-15-9-5-4-8-14(15)10-11-17(20)21-12-16(19)13-6-2-1-3-7-13/h1-9,18H,12H2. The number of ketones is 1. The van der Waals surface area contributed by atoms with Crippen LogP contribution in [0.5, 0.6) is 5.75 Å². The zero-order valence-corrected chi connectivity index (χ0v) is 11.1. The van der Waals surface area contributed by atoms with Crippen molar-refractivity contribution in [1.82, 2.24) is 0 Å². The molecule has 4 heteroatoms. The predicted molar refractivity (Wildman–Crippen MR) is 76.7 cm³/mol. The molecule has 0 fully saturated rings. The molecule has 4 nitrogen and oxygen atoms in total. The second-order valence-corrected chi connectivity index (χ2v) is 4.13. The summed E-state index contributed by atoms with van der Waals surface area (Å²) in [5, 5.41) is 9.48. The van der Waals surface area contributed by atoms with Crippen LogP contribution in [0.25, 0.3) is 0 Å². The van der Waals surface area contributed by atoms with Crippen LogP contribution < -0.4 is 0 Å². The Bertz CT molecular complexity index is 708. The SMILES string of the molecule is O=C(C#Cc1ccccc1O)OCC(=O)c1ccccc1. The van der Waals surface area contributed by atoms with Crippen LogP contribution in [-0.2, 0) is 9.53 Å². The van der Waals surface area contributed by atoms with Gasteiger partial charge in [0.2, 0.25) is 0 Å². The number of benzene rings is 2. The van der Waals surface area contributed by atoms with Gasteiger partial charge in [0, 0.05) is 11.5 Å². The summed E-state index contributed by atoms with van der Waals surface area (Å²) >= 11 is 0. The molecule has 0 saturated heterocycles. The van der Waals surface area contributed by atoms with Crippen molar-refractivity contribution in [3.05, 3.63) is 65.7 Å². The zero-order valence-electron chi connectivity index (χ0n) is 11.1. The number of hydrogen-bond acceptors (Lipinski definition) is 4. The Kier molecular flexibility index (Phi) is 4.73. The van der Waals surface area contributed by atoms with Gasteiger partial charge >= 0.3 is 5.97 Å². The third kappa shape index (κ3) is 4.22. The third-order valence-corrected chi connectivity index (χ3v) is 2.63. The van der Waals surface area contributed by atoms with E-state index in [1.807, 2.05) is 0 Å². The Morgan fingerprint density at radius 3 is 2.38 bits per heavy atom. The van der Waals surface area contributed by atoms with E-state index in [9.17, 15) is 14.7 Å². The maximum atomic E-state index is 11.7. The average molecular weight is 280 g/mol. The first kappa shape index (κ1) is 14.4. The molecule has 21 heavy (non-hydrogen) atoms. The number of phenolic OH excluding ortho intramolecular Hbond substituents is 1. The lowest BCUT2D eigenvalue weighted by atomic mass is 10.1. The van der Waals surface area contributed by atoms with Gasteiger partial charge in [-0.3, -0.25) is 4.79 Å². The molecule has 0 bridgehead atoms. The fourth-order valence-electron chi connectivity index (χ4n) is 1.57. The number of phenols is 1. The molecule has 1 N–H and O–H groups in total. The minimum Gasteiger partial charge on any atom is -0.507 e. The minimum atomic E-state index is -0.817. The smallest absolute Gasteiger partial charge is 0.385 e. The maximum Gasteiger partial charge on any atom is 0.385 e. The van der Waals surface area contributed by atoms with E-state index >= 15 is 0 Å². The fourth-order valence-corrected chi connectivity index (χ4v) is 1.57. The molecule has 0 heterocycles. The zero-order chi connectivity index (χ0) is 15.1. The van der Waals surface area contributed by atoms with Gasteiger partial charge in [0.1, 0.15) is 5.75 Å². The molecule has 0 saturated carbocycles. The van der Waals surface area contributed by atoms with Crippen molar-refractivity contribution >= 4 is 11.8 Å². The van der Waals surface area contributed by atoms with E-state index in [4.69, 9.17) is 4.74 Å². The van der Waals surface area contributed by atoms with Crippen LogP contribution in [0.1, 0.15) is 15.9 Å². The maximum absolute atomic E-state index is 11.7. The second-order valence-electron chi connectivity index (χ2n) is 4.13. The summed E-state index contributed by atoms with van der Waals surface area (Å²) in [5.41, 5.74) is 0.794. The van der Waals surface area contributed by atoms with E-state index < -0.39 is 5.97 Å². The molecule has 0 spiro atoms. The highest BCUT2D eigenvalue weighted by atomic mass is 16.5. The van der Waals surface area contributed by atoms with E-state index in [0.29, 0.717) is 11.1 Å². The number of para-hydroxylation sites is 1. The number of ether oxygens (including phenoxy) is 1. The first-order valence-corrected chi connectivity index (χ1v) is 6.22. The molecular formula is C17H12O4. The molecule has 2 rings (SSSR count). The van der Waals surface area contributed by atoms with Crippen molar-refractivity contribution in [1.29, 1.82) is 0 Å². The van der Waals surface area contributed by atoms with Crippen molar-refractivity contribution in [3.63, 3.8) is 0 Å². The Morgan fingerprint density at radius 2 is 1.67 bits per heavy atom. The predicted octanol–water partition coefficient (Wildman–Crippen LogP) is 2.17. The van der Waals surface area contributed by atoms with Gasteiger partial charge in [0.05, 0.1) is 5.56 Å². The first-order valence-electron chi connectivity index (χ1n) is 6.22. The molecule has 0 aliphatic heterocycles. The van der Waals surface area contributed by atoms with E-state index in [1.165, 1.54) is 6.07 Å². The number of hydrogen-bond donors (Lipinski definition) is 1. The number of aromatic hydroxyl groups is 1. The highest BCUT2D eigenvalue weighted by Crippen LogP contribution is 2.13. The number of esters is 1. The summed E-state index contributed by atoms with van der Waals surface area (Å²) in [5.74, 6) is 3.58. The summed E-state index contributed by atoms with van der Waals surface area (Å²) < 4.78 is 4.78. The third-order valence-electron chi connectivity index (χ3n) is 2.63. The lowest BCUT2D eigenvalue weighted by molar-refractivity contribution is -0.135. The lowest BCUT2D eigenvalue weighted by Crippen LogP contribution is -2.12. The number of carbonyl (C=O) groups is 2. The van der Waals surface area contributed by atoms with Crippen molar-refractivity contribution in [3.8, 4) is 17.6 Å². The molecule has 0 amide bonds. The van der Waals surface area contributed by atoms with Gasteiger partial charge in [-0.1, -0.05) is 48.4 Å². The van der Waals surface area contributed by atoms with Crippen LogP contribution in [0, 0.1) is 11.8 Å². The van der Waals surface area contributed by atoms with E-state index in [-0.39, 0.29) is 18.1 Å². The first-order chi connectivity index (χ1) is 10.2. The highest BCUT2D eigenvalue weighted by molar-refractivity contribution is 5.99. The summed E-state index contributed by atoms with van der Waals surface area (Å²) in [6.07, 6.45) is 0. The summed E-state index contributed by atoms with van der Waals surface area (Å²) in [7, 11) is 0. The number of rotatable bonds is 3. The normalized spacial score (nSPS) is 9.33. The van der Waals surface area contributed by atoms with Crippen molar-refractivity contribution < 1.29 is 19.4 Å². The van der Waals surface area contributed by atoms with E-state index in [2.05, 4.69) is 11.8 Å².